The molecule has 0 amide bonds. The molecule has 0 radical (unpaired) electrons. The van der Waals surface area contributed by atoms with Crippen LogP contribution in [0.1, 0.15) is 12.6 Å². The van der Waals surface area contributed by atoms with Gasteiger partial charge in [0.1, 0.15) is 23.9 Å². The molecule has 0 atom stereocenters. The third-order valence-electron chi connectivity index (χ3n) is 4.73. The van der Waals surface area contributed by atoms with Gasteiger partial charge in [0, 0.05) is 23.6 Å². The molecule has 2 aromatic heterocycles. The van der Waals surface area contributed by atoms with E-state index in [-0.39, 0.29) is 0 Å². The van der Waals surface area contributed by atoms with E-state index in [1.807, 2.05) is 42.8 Å². The number of aryl methyl sites for hydroxylation is 1. The maximum absolute atomic E-state index is 11.9. The number of rotatable bonds is 7. The lowest BCUT2D eigenvalue weighted by Crippen LogP contribution is -2.01. The van der Waals surface area contributed by atoms with Crippen molar-refractivity contribution in [1.82, 2.24) is 14.5 Å². The Morgan fingerprint density at radius 1 is 1.17 bits per heavy atom. The highest BCUT2D eigenvalue weighted by Crippen LogP contribution is 2.34. The van der Waals surface area contributed by atoms with Crippen LogP contribution >= 0.6 is 0 Å². The van der Waals surface area contributed by atoms with Crippen molar-refractivity contribution in [1.29, 1.82) is 0 Å². The standard InChI is InChI=1S/C22H23N3O4/c1-6-17(14(11-26)9-16(29-5)12-27-3)20-22-21(24-13-23-20)18-10-15(28-4)7-8-19(18)25(22)2/h6-13H,1-5H3/b14-9-,16-12-,17-6+. The van der Waals surface area contributed by atoms with E-state index >= 15 is 0 Å². The van der Waals surface area contributed by atoms with Crippen molar-refractivity contribution in [2.45, 2.75) is 6.92 Å². The second-order valence-electron chi connectivity index (χ2n) is 6.24. The van der Waals surface area contributed by atoms with Crippen molar-refractivity contribution in [3.05, 3.63) is 60.0 Å². The molecule has 0 aliphatic rings. The summed E-state index contributed by atoms with van der Waals surface area (Å²) < 4.78 is 17.6. The molecule has 0 aliphatic carbocycles. The lowest BCUT2D eigenvalue weighted by Gasteiger charge is -2.10. The lowest BCUT2D eigenvalue weighted by molar-refractivity contribution is -0.104. The van der Waals surface area contributed by atoms with Gasteiger partial charge in [-0.2, -0.15) is 0 Å². The zero-order valence-corrected chi connectivity index (χ0v) is 17.1. The highest BCUT2D eigenvalue weighted by Gasteiger charge is 2.19. The van der Waals surface area contributed by atoms with Crippen molar-refractivity contribution in [2.75, 3.05) is 21.3 Å². The van der Waals surface area contributed by atoms with Crippen LogP contribution in [-0.4, -0.2) is 42.2 Å². The van der Waals surface area contributed by atoms with Crippen LogP contribution in [-0.2, 0) is 21.3 Å². The minimum absolute atomic E-state index is 0.417. The number of hydrogen-bond donors (Lipinski definition) is 0. The predicted molar refractivity (Wildman–Crippen MR) is 112 cm³/mol. The Balaban J connectivity index is 2.29. The van der Waals surface area contributed by atoms with Gasteiger partial charge in [-0.3, -0.25) is 4.79 Å². The number of allylic oxidation sites excluding steroid dienone is 4. The van der Waals surface area contributed by atoms with Crippen molar-refractivity contribution < 1.29 is 19.0 Å². The molecule has 3 aromatic rings. The van der Waals surface area contributed by atoms with Crippen LogP contribution in [0.25, 0.3) is 27.5 Å². The number of carbonyl (C=O) groups excluding carboxylic acids is 1. The Kier molecular flexibility index (Phi) is 5.97. The first kappa shape index (κ1) is 20.1. The quantitative estimate of drug-likeness (QED) is 0.263. The number of aldehydes is 1. The molecule has 3 rings (SSSR count). The fourth-order valence-electron chi connectivity index (χ4n) is 3.36. The molecule has 0 bridgehead atoms. The third kappa shape index (κ3) is 3.59. The zero-order chi connectivity index (χ0) is 21.0. The molecule has 0 aliphatic heterocycles. The second-order valence-corrected chi connectivity index (χ2v) is 6.24. The molecule has 0 unspecified atom stereocenters. The van der Waals surface area contributed by atoms with E-state index in [9.17, 15) is 4.79 Å². The van der Waals surface area contributed by atoms with Crippen molar-refractivity contribution in [3.8, 4) is 5.75 Å². The monoisotopic (exact) mass is 393 g/mol. The number of carbonyl (C=O) groups is 1. The minimum atomic E-state index is 0.417. The molecule has 29 heavy (non-hydrogen) atoms. The summed E-state index contributed by atoms with van der Waals surface area (Å²) >= 11 is 0. The maximum Gasteiger partial charge on any atom is 0.153 e. The molecular formula is C22H23N3O4. The largest absolute Gasteiger partial charge is 0.501 e. The predicted octanol–water partition coefficient (Wildman–Crippen LogP) is 3.79. The van der Waals surface area contributed by atoms with Crippen molar-refractivity contribution in [2.24, 2.45) is 7.05 Å². The fraction of sp³-hybridized carbons (Fsp3) is 0.227. The topological polar surface area (TPSA) is 75.5 Å². The van der Waals surface area contributed by atoms with Crippen molar-refractivity contribution in [3.63, 3.8) is 0 Å². The van der Waals surface area contributed by atoms with Crippen LogP contribution in [0.4, 0.5) is 0 Å². The first-order chi connectivity index (χ1) is 14.1. The van der Waals surface area contributed by atoms with Gasteiger partial charge in [0.25, 0.3) is 0 Å². The summed E-state index contributed by atoms with van der Waals surface area (Å²) in [5.41, 5.74) is 4.35. The Morgan fingerprint density at radius 2 is 1.97 bits per heavy atom. The second kappa shape index (κ2) is 8.60. The van der Waals surface area contributed by atoms with Gasteiger partial charge in [-0.25, -0.2) is 9.97 Å². The van der Waals surface area contributed by atoms with E-state index in [2.05, 4.69) is 9.97 Å². The van der Waals surface area contributed by atoms with Gasteiger partial charge in [0.15, 0.2) is 12.0 Å². The molecule has 0 spiro atoms. The summed E-state index contributed by atoms with van der Waals surface area (Å²) in [4.78, 5) is 20.9. The van der Waals surface area contributed by atoms with Gasteiger partial charge >= 0.3 is 0 Å². The smallest absolute Gasteiger partial charge is 0.153 e. The van der Waals surface area contributed by atoms with Gasteiger partial charge < -0.3 is 18.8 Å². The average Bonchev–Trinajstić information content (AvgIpc) is 3.05. The summed E-state index contributed by atoms with van der Waals surface area (Å²) in [5.74, 6) is 1.17. The molecule has 150 valence electrons. The lowest BCUT2D eigenvalue weighted by atomic mass is 10.0. The van der Waals surface area contributed by atoms with Gasteiger partial charge in [0.05, 0.1) is 38.1 Å². The Morgan fingerprint density at radius 3 is 2.59 bits per heavy atom. The first-order valence-electron chi connectivity index (χ1n) is 8.97. The Labute approximate surface area is 168 Å². The zero-order valence-electron chi connectivity index (χ0n) is 17.1. The van der Waals surface area contributed by atoms with Crippen LogP contribution in [0.2, 0.25) is 0 Å². The van der Waals surface area contributed by atoms with Crippen molar-refractivity contribution >= 4 is 33.8 Å². The summed E-state index contributed by atoms with van der Waals surface area (Å²) in [6.07, 6.45) is 7.17. The summed E-state index contributed by atoms with van der Waals surface area (Å²) in [6, 6.07) is 5.84. The fourth-order valence-corrected chi connectivity index (χ4v) is 3.36. The molecule has 7 heteroatoms. The van der Waals surface area contributed by atoms with E-state index in [0.717, 1.165) is 34.0 Å². The Bertz CT molecular complexity index is 1160. The van der Waals surface area contributed by atoms with Gasteiger partial charge in [-0.05, 0) is 31.2 Å². The molecule has 1 aromatic carbocycles. The molecular weight excluding hydrogens is 370 g/mol. The van der Waals surface area contributed by atoms with E-state index in [0.29, 0.717) is 22.6 Å². The highest BCUT2D eigenvalue weighted by atomic mass is 16.5. The molecule has 0 N–H and O–H groups in total. The van der Waals surface area contributed by atoms with E-state index in [1.54, 1.807) is 13.2 Å². The molecule has 0 saturated carbocycles. The van der Waals surface area contributed by atoms with Gasteiger partial charge in [-0.15, -0.1) is 0 Å². The number of aromatic nitrogens is 3. The molecule has 7 nitrogen and oxygen atoms in total. The summed E-state index contributed by atoms with van der Waals surface area (Å²) in [5, 5.41) is 0.953. The van der Waals surface area contributed by atoms with Gasteiger partial charge in [-0.1, -0.05) is 6.08 Å². The number of nitrogens with zero attached hydrogens (tertiary/aromatic N) is 3. The molecule has 0 saturated heterocycles. The Hall–Kier alpha value is -3.61. The number of benzene rings is 1. The van der Waals surface area contributed by atoms with Crippen LogP contribution in [0.3, 0.4) is 0 Å². The first-order valence-corrected chi connectivity index (χ1v) is 8.97. The number of ether oxygens (including phenoxy) is 3. The van der Waals surface area contributed by atoms with Crippen LogP contribution < -0.4 is 4.74 Å². The minimum Gasteiger partial charge on any atom is -0.501 e. The molecule has 2 heterocycles. The summed E-state index contributed by atoms with van der Waals surface area (Å²) in [6.45, 7) is 1.86. The van der Waals surface area contributed by atoms with E-state index < -0.39 is 0 Å². The normalized spacial score (nSPS) is 13.1. The van der Waals surface area contributed by atoms with Crippen LogP contribution in [0, 0.1) is 0 Å². The number of fused-ring (bicyclic) bond motifs is 3. The SMILES string of the molecule is C\C=C(/C(C=O)=C\C(=C\OC)OC)c1ncnc2c3cc(OC)ccc3n(C)c12. The number of hydrogen-bond acceptors (Lipinski definition) is 6. The summed E-state index contributed by atoms with van der Waals surface area (Å²) in [7, 11) is 6.61. The maximum atomic E-state index is 11.9. The number of methoxy groups -OCH3 is 3. The van der Waals surface area contributed by atoms with Gasteiger partial charge in [0.2, 0.25) is 0 Å². The molecule has 0 fully saturated rings. The van der Waals surface area contributed by atoms with Crippen LogP contribution in [0.5, 0.6) is 5.75 Å². The van der Waals surface area contributed by atoms with E-state index in [1.165, 1.54) is 26.8 Å². The highest BCUT2D eigenvalue weighted by molar-refractivity contribution is 6.11. The van der Waals surface area contributed by atoms with Crippen LogP contribution in [0.15, 0.2) is 54.3 Å². The van der Waals surface area contributed by atoms with E-state index in [4.69, 9.17) is 14.2 Å². The average molecular weight is 393 g/mol. The third-order valence-corrected chi connectivity index (χ3v) is 4.73.